The summed E-state index contributed by atoms with van der Waals surface area (Å²) in [6.45, 7) is 1.93. The number of methoxy groups -OCH3 is 1. The van der Waals surface area contributed by atoms with Crippen LogP contribution in [0.25, 0.3) is 6.08 Å². The summed E-state index contributed by atoms with van der Waals surface area (Å²) in [4.78, 5) is 21.0. The van der Waals surface area contributed by atoms with Gasteiger partial charge in [-0.15, -0.1) is 0 Å². The number of rotatable bonds is 5. The lowest BCUT2D eigenvalue weighted by atomic mass is 10.2. The quantitative estimate of drug-likeness (QED) is 0.653. The smallest absolute Gasteiger partial charge is 0.411 e. The highest BCUT2D eigenvalue weighted by molar-refractivity contribution is 5.87. The molecule has 0 atom stereocenters. The Morgan fingerprint density at radius 2 is 2.26 bits per heavy atom. The molecule has 0 spiro atoms. The Bertz CT molecular complexity index is 499. The highest BCUT2D eigenvalue weighted by Crippen LogP contribution is 2.26. The predicted octanol–water partition coefficient (Wildman–Crippen LogP) is 2.51. The number of anilines is 1. The van der Waals surface area contributed by atoms with Crippen molar-refractivity contribution in [2.24, 2.45) is 0 Å². The van der Waals surface area contributed by atoms with E-state index in [0.717, 1.165) is 6.20 Å². The standard InChI is InChI=1S/C12H14N2O5/c1-3-19-12(15)13-10-8-9(6-7-14(16)17)4-5-11(10)18-2/h4-8H,3H2,1-2H3,(H,13,15). The molecule has 7 heteroatoms. The predicted molar refractivity (Wildman–Crippen MR) is 69.7 cm³/mol. The second kappa shape index (κ2) is 7.00. The van der Waals surface area contributed by atoms with E-state index in [2.05, 4.69) is 5.32 Å². The van der Waals surface area contributed by atoms with Crippen LogP contribution in [0.5, 0.6) is 5.75 Å². The number of nitro groups is 1. The molecule has 0 fully saturated rings. The van der Waals surface area contributed by atoms with E-state index in [-0.39, 0.29) is 6.61 Å². The third-order valence-electron chi connectivity index (χ3n) is 2.12. The Balaban J connectivity index is 2.95. The van der Waals surface area contributed by atoms with Crippen molar-refractivity contribution in [3.8, 4) is 5.75 Å². The number of hydrogen-bond acceptors (Lipinski definition) is 5. The number of nitrogens with zero attached hydrogens (tertiary/aromatic N) is 1. The van der Waals surface area contributed by atoms with Gasteiger partial charge in [0.1, 0.15) is 5.75 Å². The first kappa shape index (κ1) is 14.5. The van der Waals surface area contributed by atoms with E-state index in [0.29, 0.717) is 17.0 Å². The van der Waals surface area contributed by atoms with Gasteiger partial charge >= 0.3 is 6.09 Å². The molecule has 1 aromatic carbocycles. The Morgan fingerprint density at radius 3 is 2.84 bits per heavy atom. The minimum atomic E-state index is -0.615. The van der Waals surface area contributed by atoms with Gasteiger partial charge in [0, 0.05) is 6.08 Å². The topological polar surface area (TPSA) is 90.7 Å². The second-order valence-electron chi connectivity index (χ2n) is 3.41. The van der Waals surface area contributed by atoms with Gasteiger partial charge < -0.3 is 9.47 Å². The highest BCUT2D eigenvalue weighted by Gasteiger charge is 2.08. The average molecular weight is 266 g/mol. The summed E-state index contributed by atoms with van der Waals surface area (Å²) in [5.74, 6) is 0.436. The summed E-state index contributed by atoms with van der Waals surface area (Å²) in [5.41, 5.74) is 0.941. The van der Waals surface area contributed by atoms with E-state index in [4.69, 9.17) is 9.47 Å². The molecule has 1 amide bonds. The lowest BCUT2D eigenvalue weighted by Crippen LogP contribution is -2.14. The Hall–Kier alpha value is -2.57. The van der Waals surface area contributed by atoms with Gasteiger partial charge in [-0.1, -0.05) is 6.07 Å². The third kappa shape index (κ3) is 4.66. The molecule has 7 nitrogen and oxygen atoms in total. The van der Waals surface area contributed by atoms with Crippen molar-refractivity contribution in [3.05, 3.63) is 40.1 Å². The molecule has 0 aliphatic rings. The van der Waals surface area contributed by atoms with Crippen molar-refractivity contribution in [2.45, 2.75) is 6.92 Å². The number of carbonyl (C=O) groups is 1. The van der Waals surface area contributed by atoms with Crippen LogP contribution >= 0.6 is 0 Å². The Labute approximate surface area is 110 Å². The summed E-state index contributed by atoms with van der Waals surface area (Å²) in [5, 5.41) is 12.7. The molecule has 0 aliphatic carbocycles. The van der Waals surface area contributed by atoms with Crippen molar-refractivity contribution < 1.29 is 19.2 Å². The van der Waals surface area contributed by atoms with E-state index in [1.165, 1.54) is 13.2 Å². The van der Waals surface area contributed by atoms with Crippen LogP contribution in [-0.4, -0.2) is 24.7 Å². The van der Waals surface area contributed by atoms with Crippen LogP contribution in [0.4, 0.5) is 10.5 Å². The van der Waals surface area contributed by atoms with Crippen LogP contribution in [-0.2, 0) is 4.74 Å². The molecule has 0 unspecified atom stereocenters. The first-order chi connectivity index (χ1) is 9.06. The summed E-state index contributed by atoms with van der Waals surface area (Å²) >= 11 is 0. The first-order valence-corrected chi connectivity index (χ1v) is 5.50. The molecule has 1 N–H and O–H groups in total. The van der Waals surface area contributed by atoms with Crippen molar-refractivity contribution >= 4 is 17.9 Å². The van der Waals surface area contributed by atoms with Gasteiger partial charge in [0.25, 0.3) is 0 Å². The fourth-order valence-electron chi connectivity index (χ4n) is 1.35. The monoisotopic (exact) mass is 266 g/mol. The van der Waals surface area contributed by atoms with Gasteiger partial charge in [0.15, 0.2) is 0 Å². The van der Waals surface area contributed by atoms with Gasteiger partial charge in [0.05, 0.1) is 24.3 Å². The lowest BCUT2D eigenvalue weighted by molar-refractivity contribution is -0.400. The van der Waals surface area contributed by atoms with Gasteiger partial charge in [-0.25, -0.2) is 4.79 Å². The van der Waals surface area contributed by atoms with Crippen LogP contribution in [0.15, 0.2) is 24.4 Å². The Kier molecular flexibility index (Phi) is 5.34. The molecule has 1 rings (SSSR count). The molecule has 1 aromatic rings. The van der Waals surface area contributed by atoms with E-state index >= 15 is 0 Å². The molecule has 0 aromatic heterocycles. The zero-order chi connectivity index (χ0) is 14.3. The summed E-state index contributed by atoms with van der Waals surface area (Å²) in [6, 6.07) is 4.78. The maximum atomic E-state index is 11.3. The van der Waals surface area contributed by atoms with Crippen molar-refractivity contribution in [1.82, 2.24) is 0 Å². The van der Waals surface area contributed by atoms with Crippen molar-refractivity contribution in [2.75, 3.05) is 19.0 Å². The summed E-state index contributed by atoms with van der Waals surface area (Å²) < 4.78 is 9.83. The van der Waals surface area contributed by atoms with Crippen LogP contribution in [0.2, 0.25) is 0 Å². The normalized spacial score (nSPS) is 10.2. The summed E-state index contributed by atoms with van der Waals surface area (Å²) in [6.07, 6.45) is 1.52. The molecule has 102 valence electrons. The number of ether oxygens (including phenoxy) is 2. The molecular formula is C12H14N2O5. The maximum absolute atomic E-state index is 11.3. The number of benzene rings is 1. The van der Waals surface area contributed by atoms with Crippen LogP contribution in [0, 0.1) is 10.1 Å². The largest absolute Gasteiger partial charge is 0.495 e. The fraction of sp³-hybridized carbons (Fsp3) is 0.250. The van der Waals surface area contributed by atoms with Crippen molar-refractivity contribution in [3.63, 3.8) is 0 Å². The van der Waals surface area contributed by atoms with Gasteiger partial charge in [-0.2, -0.15) is 0 Å². The summed E-state index contributed by atoms with van der Waals surface area (Å²) in [7, 11) is 1.46. The van der Waals surface area contributed by atoms with E-state index in [1.807, 2.05) is 0 Å². The van der Waals surface area contributed by atoms with E-state index < -0.39 is 11.0 Å². The molecule has 0 heterocycles. The molecular weight excluding hydrogens is 252 g/mol. The fourth-order valence-corrected chi connectivity index (χ4v) is 1.35. The second-order valence-corrected chi connectivity index (χ2v) is 3.41. The SMILES string of the molecule is CCOC(=O)Nc1cc(C=C[N+](=O)[O-])ccc1OC. The van der Waals surface area contributed by atoms with Crippen LogP contribution in [0.3, 0.4) is 0 Å². The number of carbonyl (C=O) groups excluding carboxylic acids is 1. The minimum Gasteiger partial charge on any atom is -0.495 e. The van der Waals surface area contributed by atoms with Gasteiger partial charge in [-0.3, -0.25) is 15.4 Å². The molecule has 0 aliphatic heterocycles. The number of nitrogens with one attached hydrogen (secondary N) is 1. The molecule has 0 saturated carbocycles. The zero-order valence-electron chi connectivity index (χ0n) is 10.6. The molecule has 0 saturated heterocycles. The molecule has 0 radical (unpaired) electrons. The third-order valence-corrected chi connectivity index (χ3v) is 2.12. The van der Waals surface area contributed by atoms with Gasteiger partial charge in [0.2, 0.25) is 6.20 Å². The Morgan fingerprint density at radius 1 is 1.53 bits per heavy atom. The first-order valence-electron chi connectivity index (χ1n) is 5.50. The maximum Gasteiger partial charge on any atom is 0.411 e. The minimum absolute atomic E-state index is 0.245. The van der Waals surface area contributed by atoms with E-state index in [9.17, 15) is 14.9 Å². The average Bonchev–Trinajstić information content (AvgIpc) is 2.36. The van der Waals surface area contributed by atoms with Crippen molar-refractivity contribution in [1.29, 1.82) is 0 Å². The van der Waals surface area contributed by atoms with Gasteiger partial charge in [-0.05, 0) is 24.6 Å². The highest BCUT2D eigenvalue weighted by atomic mass is 16.6. The molecule has 19 heavy (non-hydrogen) atoms. The van der Waals surface area contributed by atoms with Crippen LogP contribution in [0.1, 0.15) is 12.5 Å². The molecule has 0 bridgehead atoms. The zero-order valence-corrected chi connectivity index (χ0v) is 10.6. The number of amides is 1. The van der Waals surface area contributed by atoms with Crippen LogP contribution < -0.4 is 10.1 Å². The number of hydrogen-bond donors (Lipinski definition) is 1. The lowest BCUT2D eigenvalue weighted by Gasteiger charge is -2.10. The van der Waals surface area contributed by atoms with E-state index in [1.54, 1.807) is 25.1 Å².